The first-order valence-corrected chi connectivity index (χ1v) is 7.78. The van der Waals surface area contributed by atoms with Gasteiger partial charge in [-0.15, -0.1) is 0 Å². The van der Waals surface area contributed by atoms with Crippen LogP contribution in [0.1, 0.15) is 71.0 Å². The summed E-state index contributed by atoms with van der Waals surface area (Å²) in [5.41, 5.74) is 3.07. The number of benzene rings is 1. The van der Waals surface area contributed by atoms with Crippen LogP contribution in [0.2, 0.25) is 0 Å². The fraction of sp³-hybridized carbons (Fsp3) is 0.667. The summed E-state index contributed by atoms with van der Waals surface area (Å²) < 4.78 is 0. The highest BCUT2D eigenvalue weighted by Gasteiger charge is 2.30. The summed E-state index contributed by atoms with van der Waals surface area (Å²) in [4.78, 5) is 0. The second-order valence-corrected chi connectivity index (χ2v) is 7.11. The van der Waals surface area contributed by atoms with Gasteiger partial charge in [0.15, 0.2) is 0 Å². The Hall–Kier alpha value is -0.820. The van der Waals surface area contributed by atoms with Gasteiger partial charge in [-0.05, 0) is 48.6 Å². The number of nitrogens with one attached hydrogen (secondary N) is 1. The molecule has 1 fully saturated rings. The van der Waals surface area contributed by atoms with E-state index in [4.69, 9.17) is 0 Å². The lowest BCUT2D eigenvalue weighted by Gasteiger charge is -2.24. The van der Waals surface area contributed by atoms with Crippen LogP contribution in [0.5, 0.6) is 0 Å². The van der Waals surface area contributed by atoms with E-state index < -0.39 is 0 Å². The van der Waals surface area contributed by atoms with E-state index in [0.717, 1.165) is 5.92 Å². The highest BCUT2D eigenvalue weighted by molar-refractivity contribution is 5.29. The van der Waals surface area contributed by atoms with E-state index in [-0.39, 0.29) is 5.41 Å². The van der Waals surface area contributed by atoms with Crippen LogP contribution >= 0.6 is 0 Å². The summed E-state index contributed by atoms with van der Waals surface area (Å²) in [5.74, 6) is 0.932. The van der Waals surface area contributed by atoms with Gasteiger partial charge in [0.1, 0.15) is 0 Å². The molecule has 1 nitrogen and oxygen atoms in total. The van der Waals surface area contributed by atoms with E-state index in [0.29, 0.717) is 12.1 Å². The second kappa shape index (κ2) is 5.66. The zero-order chi connectivity index (χ0) is 14.0. The predicted octanol–water partition coefficient (Wildman–Crippen LogP) is 4.82. The average molecular weight is 259 g/mol. The van der Waals surface area contributed by atoms with Crippen molar-refractivity contribution >= 4 is 0 Å². The van der Waals surface area contributed by atoms with Crippen LogP contribution in [-0.4, -0.2) is 6.04 Å². The summed E-state index contributed by atoms with van der Waals surface area (Å²) in [5, 5.41) is 3.80. The molecule has 0 aliphatic heterocycles. The van der Waals surface area contributed by atoms with Gasteiger partial charge in [0.05, 0.1) is 0 Å². The maximum atomic E-state index is 3.80. The maximum Gasteiger partial charge on any atom is 0.0294 e. The molecule has 1 heteroatoms. The second-order valence-electron chi connectivity index (χ2n) is 7.11. The predicted molar refractivity (Wildman–Crippen MR) is 83.5 cm³/mol. The highest BCUT2D eigenvalue weighted by Crippen LogP contribution is 2.35. The van der Waals surface area contributed by atoms with Gasteiger partial charge in [-0.2, -0.15) is 0 Å². The molecule has 2 unspecified atom stereocenters. The Balaban J connectivity index is 2.00. The first-order valence-electron chi connectivity index (χ1n) is 7.78. The van der Waals surface area contributed by atoms with Crippen LogP contribution in [0, 0.1) is 5.92 Å². The molecule has 1 N–H and O–H groups in total. The Morgan fingerprint density at radius 2 is 1.74 bits per heavy atom. The topological polar surface area (TPSA) is 12.0 Å². The van der Waals surface area contributed by atoms with Gasteiger partial charge >= 0.3 is 0 Å². The SMILES string of the molecule is CCC(NC(C)c1ccc(C(C)(C)C)cc1)C1CC1. The molecule has 1 saturated carbocycles. The Bertz CT molecular complexity index is 395. The third-order valence-electron chi connectivity index (χ3n) is 4.37. The molecule has 0 radical (unpaired) electrons. The lowest BCUT2D eigenvalue weighted by Crippen LogP contribution is -2.32. The molecule has 0 aromatic heterocycles. The summed E-state index contributed by atoms with van der Waals surface area (Å²) >= 11 is 0. The third kappa shape index (κ3) is 3.82. The molecule has 2 atom stereocenters. The highest BCUT2D eigenvalue weighted by atomic mass is 15.0. The Morgan fingerprint density at radius 3 is 2.16 bits per heavy atom. The van der Waals surface area contributed by atoms with Crippen LogP contribution in [0.25, 0.3) is 0 Å². The molecule has 19 heavy (non-hydrogen) atoms. The van der Waals surface area contributed by atoms with E-state index in [1.165, 1.54) is 30.4 Å². The summed E-state index contributed by atoms with van der Waals surface area (Å²) in [6, 6.07) is 10.3. The minimum absolute atomic E-state index is 0.245. The van der Waals surface area contributed by atoms with Gasteiger partial charge in [-0.3, -0.25) is 0 Å². The minimum atomic E-state index is 0.245. The zero-order valence-electron chi connectivity index (χ0n) is 13.2. The summed E-state index contributed by atoms with van der Waals surface area (Å²) in [7, 11) is 0. The zero-order valence-corrected chi connectivity index (χ0v) is 13.2. The van der Waals surface area contributed by atoms with Gasteiger partial charge in [0, 0.05) is 12.1 Å². The van der Waals surface area contributed by atoms with E-state index in [1.807, 2.05) is 0 Å². The van der Waals surface area contributed by atoms with Crippen molar-refractivity contribution < 1.29 is 0 Å². The Labute approximate surface area is 118 Å². The lowest BCUT2D eigenvalue weighted by atomic mass is 9.86. The molecule has 0 bridgehead atoms. The molecule has 2 rings (SSSR count). The molecule has 0 spiro atoms. The van der Waals surface area contributed by atoms with E-state index in [2.05, 4.69) is 64.2 Å². The quantitative estimate of drug-likeness (QED) is 0.799. The van der Waals surface area contributed by atoms with Crippen molar-refractivity contribution in [3.63, 3.8) is 0 Å². The van der Waals surface area contributed by atoms with Crippen molar-refractivity contribution in [2.45, 2.75) is 71.4 Å². The van der Waals surface area contributed by atoms with Crippen LogP contribution < -0.4 is 5.32 Å². The third-order valence-corrected chi connectivity index (χ3v) is 4.37. The molecule has 0 heterocycles. The van der Waals surface area contributed by atoms with Crippen molar-refractivity contribution in [1.82, 2.24) is 5.32 Å². The molecular weight excluding hydrogens is 230 g/mol. The van der Waals surface area contributed by atoms with Crippen molar-refractivity contribution in [2.24, 2.45) is 5.92 Å². The normalized spacial score (nSPS) is 19.2. The Kier molecular flexibility index (Phi) is 4.35. The van der Waals surface area contributed by atoms with E-state index >= 15 is 0 Å². The number of rotatable bonds is 5. The molecular formula is C18H29N. The lowest BCUT2D eigenvalue weighted by molar-refractivity contribution is 0.405. The van der Waals surface area contributed by atoms with Crippen LogP contribution in [0.3, 0.4) is 0 Å². The summed E-state index contributed by atoms with van der Waals surface area (Å²) in [6.07, 6.45) is 4.08. The van der Waals surface area contributed by atoms with Gasteiger partial charge in [-0.25, -0.2) is 0 Å². The van der Waals surface area contributed by atoms with E-state index in [9.17, 15) is 0 Å². The van der Waals surface area contributed by atoms with Crippen molar-refractivity contribution in [3.05, 3.63) is 35.4 Å². The fourth-order valence-electron chi connectivity index (χ4n) is 2.77. The maximum absolute atomic E-state index is 3.80. The minimum Gasteiger partial charge on any atom is -0.307 e. The number of hydrogen-bond acceptors (Lipinski definition) is 1. The fourth-order valence-corrected chi connectivity index (χ4v) is 2.77. The van der Waals surface area contributed by atoms with Crippen LogP contribution in [-0.2, 0) is 5.41 Å². The monoisotopic (exact) mass is 259 g/mol. The van der Waals surface area contributed by atoms with Gasteiger partial charge < -0.3 is 5.32 Å². The molecule has 106 valence electrons. The molecule has 1 aromatic rings. The first kappa shape index (κ1) is 14.6. The molecule has 1 aliphatic carbocycles. The van der Waals surface area contributed by atoms with Crippen molar-refractivity contribution in [1.29, 1.82) is 0 Å². The van der Waals surface area contributed by atoms with Crippen LogP contribution in [0.4, 0.5) is 0 Å². The molecule has 0 amide bonds. The van der Waals surface area contributed by atoms with Crippen molar-refractivity contribution in [2.75, 3.05) is 0 Å². The smallest absolute Gasteiger partial charge is 0.0294 e. The van der Waals surface area contributed by atoms with Crippen molar-refractivity contribution in [3.8, 4) is 0 Å². The molecule has 0 saturated heterocycles. The van der Waals surface area contributed by atoms with E-state index in [1.54, 1.807) is 0 Å². The average Bonchev–Trinajstić information content (AvgIpc) is 3.19. The summed E-state index contributed by atoms with van der Waals surface area (Å²) in [6.45, 7) is 11.4. The van der Waals surface area contributed by atoms with Crippen LogP contribution in [0.15, 0.2) is 24.3 Å². The molecule has 1 aromatic carbocycles. The molecule has 1 aliphatic rings. The largest absolute Gasteiger partial charge is 0.307 e. The first-order chi connectivity index (χ1) is 8.91. The van der Waals surface area contributed by atoms with Gasteiger partial charge in [0.25, 0.3) is 0 Å². The number of hydrogen-bond donors (Lipinski definition) is 1. The Morgan fingerprint density at radius 1 is 1.16 bits per heavy atom. The van der Waals surface area contributed by atoms with Gasteiger partial charge in [0.2, 0.25) is 0 Å². The standard InChI is InChI=1S/C18H29N/c1-6-17(15-7-8-15)19-13(2)14-9-11-16(12-10-14)18(3,4)5/h9-13,15,17,19H,6-8H2,1-5H3. The van der Waals surface area contributed by atoms with Gasteiger partial charge in [-0.1, -0.05) is 52.0 Å².